The van der Waals surface area contributed by atoms with Crippen molar-refractivity contribution < 1.29 is 9.59 Å². The molecule has 88 valence electrons. The summed E-state index contributed by atoms with van der Waals surface area (Å²) in [6, 6.07) is 1.60. The number of rotatable bonds is 6. The highest BCUT2D eigenvalue weighted by Gasteiger charge is 2.11. The molecule has 5 nitrogen and oxygen atoms in total. The van der Waals surface area contributed by atoms with Gasteiger partial charge in [-0.3, -0.25) is 9.59 Å². The normalized spacial score (nSPS) is 10.1. The Hall–Kier alpha value is -1.40. The highest BCUT2D eigenvalue weighted by molar-refractivity contribution is 7.14. The molecule has 1 aromatic heterocycles. The Kier molecular flexibility index (Phi) is 4.94. The second kappa shape index (κ2) is 6.24. The zero-order valence-corrected chi connectivity index (χ0v) is 9.89. The maximum absolute atomic E-state index is 11.4. The molecule has 0 spiro atoms. The zero-order valence-electron chi connectivity index (χ0n) is 9.08. The fraction of sp³-hybridized carbons (Fsp3) is 0.400. The third kappa shape index (κ3) is 3.63. The van der Waals surface area contributed by atoms with Crippen LogP contribution in [0.2, 0.25) is 0 Å². The van der Waals surface area contributed by atoms with Crippen LogP contribution in [0.25, 0.3) is 0 Å². The number of amides is 2. The van der Waals surface area contributed by atoms with Crippen molar-refractivity contribution in [2.45, 2.75) is 13.3 Å². The van der Waals surface area contributed by atoms with E-state index < -0.39 is 5.91 Å². The van der Waals surface area contributed by atoms with E-state index >= 15 is 0 Å². The zero-order chi connectivity index (χ0) is 12.0. The molecular weight excluding hydrogens is 226 g/mol. The Labute approximate surface area is 98.0 Å². The lowest BCUT2D eigenvalue weighted by Gasteiger charge is -2.05. The van der Waals surface area contributed by atoms with Gasteiger partial charge in [-0.15, -0.1) is 11.3 Å². The van der Waals surface area contributed by atoms with E-state index in [1.165, 1.54) is 11.3 Å². The third-order valence-corrected chi connectivity index (χ3v) is 2.73. The van der Waals surface area contributed by atoms with Crippen LogP contribution in [0.15, 0.2) is 11.4 Å². The number of nitrogens with two attached hydrogens (primary N) is 1. The fourth-order valence-corrected chi connectivity index (χ4v) is 1.96. The molecule has 0 aliphatic rings. The third-order valence-electron chi connectivity index (χ3n) is 1.90. The van der Waals surface area contributed by atoms with E-state index in [2.05, 4.69) is 10.6 Å². The van der Waals surface area contributed by atoms with Gasteiger partial charge in [0.15, 0.2) is 0 Å². The molecule has 0 radical (unpaired) electrons. The highest BCUT2D eigenvalue weighted by Crippen LogP contribution is 2.22. The predicted octanol–water partition coefficient (Wildman–Crippen LogP) is 0.785. The molecule has 16 heavy (non-hydrogen) atoms. The van der Waals surface area contributed by atoms with Crippen molar-refractivity contribution in [3.05, 3.63) is 17.0 Å². The van der Waals surface area contributed by atoms with Gasteiger partial charge >= 0.3 is 0 Å². The van der Waals surface area contributed by atoms with Gasteiger partial charge in [-0.1, -0.05) is 6.92 Å². The Balaban J connectivity index is 2.49. The van der Waals surface area contributed by atoms with Crippen LogP contribution >= 0.6 is 11.3 Å². The molecule has 0 unspecified atom stereocenters. The average Bonchev–Trinajstić information content (AvgIpc) is 2.66. The molecule has 1 rings (SSSR count). The van der Waals surface area contributed by atoms with Gasteiger partial charge in [0.2, 0.25) is 5.91 Å². The first kappa shape index (κ1) is 12.7. The summed E-state index contributed by atoms with van der Waals surface area (Å²) in [5.74, 6) is -0.698. The maximum Gasteiger partial charge on any atom is 0.251 e. The van der Waals surface area contributed by atoms with Gasteiger partial charge in [-0.05, 0) is 24.4 Å². The molecule has 4 N–H and O–H groups in total. The van der Waals surface area contributed by atoms with Gasteiger partial charge in [0.05, 0.1) is 12.1 Å². The summed E-state index contributed by atoms with van der Waals surface area (Å²) in [5, 5.41) is 7.85. The molecule has 0 aliphatic carbocycles. The monoisotopic (exact) mass is 241 g/mol. The average molecular weight is 241 g/mol. The summed E-state index contributed by atoms with van der Waals surface area (Å²) < 4.78 is 0. The topological polar surface area (TPSA) is 84.2 Å². The molecule has 0 fully saturated rings. The first-order chi connectivity index (χ1) is 7.65. The minimum Gasteiger partial charge on any atom is -0.366 e. The van der Waals surface area contributed by atoms with Gasteiger partial charge in [0.25, 0.3) is 5.91 Å². The van der Waals surface area contributed by atoms with Gasteiger partial charge in [0, 0.05) is 0 Å². The fourth-order valence-electron chi connectivity index (χ4n) is 1.15. The van der Waals surface area contributed by atoms with Crippen LogP contribution in [0.3, 0.4) is 0 Å². The van der Waals surface area contributed by atoms with E-state index in [4.69, 9.17) is 5.73 Å². The molecular formula is C10H15N3O2S. The van der Waals surface area contributed by atoms with Gasteiger partial charge in [-0.2, -0.15) is 0 Å². The number of thiophene rings is 1. The van der Waals surface area contributed by atoms with Gasteiger partial charge < -0.3 is 16.4 Å². The van der Waals surface area contributed by atoms with Crippen LogP contribution in [0.1, 0.15) is 23.7 Å². The number of carbonyl (C=O) groups excluding carboxylic acids is 2. The predicted molar refractivity (Wildman–Crippen MR) is 64.6 cm³/mol. The molecule has 0 saturated heterocycles. The Morgan fingerprint density at radius 3 is 2.88 bits per heavy atom. The lowest BCUT2D eigenvalue weighted by atomic mass is 10.3. The minimum absolute atomic E-state index is 0.168. The van der Waals surface area contributed by atoms with Crippen molar-refractivity contribution in [1.82, 2.24) is 5.32 Å². The summed E-state index contributed by atoms with van der Waals surface area (Å²) in [5.41, 5.74) is 5.51. The quantitative estimate of drug-likeness (QED) is 0.644. The van der Waals surface area contributed by atoms with Crippen molar-refractivity contribution in [2.24, 2.45) is 5.73 Å². The number of nitrogens with one attached hydrogen (secondary N) is 2. The molecule has 0 saturated carbocycles. The SMILES string of the molecule is CCCNCC(=O)Nc1sccc1C(N)=O. The largest absolute Gasteiger partial charge is 0.366 e. The Morgan fingerprint density at radius 1 is 1.50 bits per heavy atom. The number of hydrogen-bond acceptors (Lipinski definition) is 4. The molecule has 1 heterocycles. The van der Waals surface area contributed by atoms with E-state index in [0.717, 1.165) is 13.0 Å². The van der Waals surface area contributed by atoms with E-state index in [-0.39, 0.29) is 12.5 Å². The van der Waals surface area contributed by atoms with Crippen molar-refractivity contribution in [1.29, 1.82) is 0 Å². The Bertz CT molecular complexity index is 376. The molecule has 0 atom stereocenters. The van der Waals surface area contributed by atoms with Crippen LogP contribution in [-0.4, -0.2) is 24.9 Å². The minimum atomic E-state index is -0.530. The second-order valence-electron chi connectivity index (χ2n) is 3.25. The highest BCUT2D eigenvalue weighted by atomic mass is 32.1. The van der Waals surface area contributed by atoms with Gasteiger partial charge in [-0.25, -0.2) is 0 Å². The number of anilines is 1. The first-order valence-electron chi connectivity index (χ1n) is 5.03. The summed E-state index contributed by atoms with van der Waals surface area (Å²) >= 11 is 1.28. The van der Waals surface area contributed by atoms with Crippen molar-refractivity contribution >= 4 is 28.2 Å². The van der Waals surface area contributed by atoms with E-state index in [1.54, 1.807) is 11.4 Å². The smallest absolute Gasteiger partial charge is 0.251 e. The van der Waals surface area contributed by atoms with Crippen molar-refractivity contribution in [3.63, 3.8) is 0 Å². The van der Waals surface area contributed by atoms with Crippen LogP contribution in [0.5, 0.6) is 0 Å². The Morgan fingerprint density at radius 2 is 2.25 bits per heavy atom. The van der Waals surface area contributed by atoms with Crippen LogP contribution in [0, 0.1) is 0 Å². The van der Waals surface area contributed by atoms with Gasteiger partial charge in [0.1, 0.15) is 5.00 Å². The second-order valence-corrected chi connectivity index (χ2v) is 4.17. The molecule has 0 aromatic carbocycles. The summed E-state index contributed by atoms with van der Waals surface area (Å²) in [4.78, 5) is 22.4. The van der Waals surface area contributed by atoms with E-state index in [1.807, 2.05) is 6.92 Å². The first-order valence-corrected chi connectivity index (χ1v) is 5.91. The summed E-state index contributed by atoms with van der Waals surface area (Å²) in [6.07, 6.45) is 0.971. The maximum atomic E-state index is 11.4. The van der Waals surface area contributed by atoms with Crippen LogP contribution < -0.4 is 16.4 Å². The van der Waals surface area contributed by atoms with E-state index in [0.29, 0.717) is 10.6 Å². The molecule has 0 bridgehead atoms. The lowest BCUT2D eigenvalue weighted by Crippen LogP contribution is -2.28. The number of carbonyl (C=O) groups is 2. The lowest BCUT2D eigenvalue weighted by molar-refractivity contribution is -0.115. The molecule has 6 heteroatoms. The number of primary amides is 1. The standard InChI is InChI=1S/C10H15N3O2S/c1-2-4-12-6-8(14)13-10-7(9(11)15)3-5-16-10/h3,5,12H,2,4,6H2,1H3,(H2,11,15)(H,13,14). The molecule has 1 aromatic rings. The van der Waals surface area contributed by atoms with Crippen molar-refractivity contribution in [3.8, 4) is 0 Å². The number of hydrogen-bond donors (Lipinski definition) is 3. The van der Waals surface area contributed by atoms with Crippen LogP contribution in [0.4, 0.5) is 5.00 Å². The van der Waals surface area contributed by atoms with Crippen molar-refractivity contribution in [2.75, 3.05) is 18.4 Å². The van der Waals surface area contributed by atoms with Crippen LogP contribution in [-0.2, 0) is 4.79 Å². The summed E-state index contributed by atoms with van der Waals surface area (Å²) in [6.45, 7) is 3.06. The van der Waals surface area contributed by atoms with E-state index in [9.17, 15) is 9.59 Å². The molecule has 0 aliphatic heterocycles. The molecule has 2 amide bonds. The summed E-state index contributed by atoms with van der Waals surface area (Å²) in [7, 11) is 0.